The molecule has 1 heterocycles. The van der Waals surface area contributed by atoms with Crippen molar-refractivity contribution in [2.45, 2.75) is 32.4 Å². The summed E-state index contributed by atoms with van der Waals surface area (Å²) in [4.78, 5) is 4.96. The van der Waals surface area contributed by atoms with Crippen molar-refractivity contribution >= 4 is 17.3 Å². The molecule has 1 aliphatic heterocycles. The Morgan fingerprint density at radius 1 is 1.37 bits per heavy atom. The van der Waals surface area contributed by atoms with Crippen LogP contribution in [0, 0.1) is 0 Å². The lowest BCUT2D eigenvalue weighted by Gasteiger charge is -2.36. The van der Waals surface area contributed by atoms with Gasteiger partial charge in [-0.15, -0.1) is 0 Å². The molecule has 0 saturated carbocycles. The number of likely N-dealkylation sites (tertiary alicyclic amines) is 1. The van der Waals surface area contributed by atoms with Crippen molar-refractivity contribution in [1.82, 2.24) is 9.80 Å². The summed E-state index contributed by atoms with van der Waals surface area (Å²) in [6.07, 6.45) is 2.51. The van der Waals surface area contributed by atoms with E-state index in [2.05, 4.69) is 29.8 Å². The SMILES string of the molecule is CCN1CCC(N(C)Cc2ccc(N)c(Cl)c2)CC1. The fraction of sp³-hybridized carbons (Fsp3) is 0.600. The van der Waals surface area contributed by atoms with Crippen molar-refractivity contribution in [1.29, 1.82) is 0 Å². The van der Waals surface area contributed by atoms with Gasteiger partial charge in [-0.05, 0) is 57.2 Å². The Balaban J connectivity index is 1.90. The third-order valence-corrected chi connectivity index (χ3v) is 4.45. The first kappa shape index (κ1) is 14.6. The van der Waals surface area contributed by atoms with Crippen molar-refractivity contribution in [3.05, 3.63) is 28.8 Å². The average Bonchev–Trinajstić information content (AvgIpc) is 2.43. The Hall–Kier alpha value is -0.770. The molecule has 0 atom stereocenters. The fourth-order valence-corrected chi connectivity index (χ4v) is 2.97. The molecule has 2 rings (SSSR count). The van der Waals surface area contributed by atoms with Crippen molar-refractivity contribution in [3.63, 3.8) is 0 Å². The van der Waals surface area contributed by atoms with Crippen LogP contribution in [-0.2, 0) is 6.54 Å². The Morgan fingerprint density at radius 2 is 2.05 bits per heavy atom. The molecule has 0 aliphatic carbocycles. The zero-order valence-corrected chi connectivity index (χ0v) is 12.7. The van der Waals surface area contributed by atoms with E-state index in [1.54, 1.807) is 0 Å². The van der Waals surface area contributed by atoms with Gasteiger partial charge in [-0.25, -0.2) is 0 Å². The summed E-state index contributed by atoms with van der Waals surface area (Å²) >= 11 is 6.07. The maximum atomic E-state index is 6.07. The molecule has 0 spiro atoms. The first-order chi connectivity index (χ1) is 9.10. The van der Waals surface area contributed by atoms with Gasteiger partial charge in [-0.2, -0.15) is 0 Å². The molecule has 1 aromatic rings. The number of benzene rings is 1. The van der Waals surface area contributed by atoms with Crippen LogP contribution in [0.25, 0.3) is 0 Å². The third kappa shape index (κ3) is 3.85. The number of nitrogen functional groups attached to an aromatic ring is 1. The van der Waals surface area contributed by atoms with E-state index < -0.39 is 0 Å². The number of nitrogens with zero attached hydrogens (tertiary/aromatic N) is 2. The molecule has 19 heavy (non-hydrogen) atoms. The second-order valence-electron chi connectivity index (χ2n) is 5.44. The smallest absolute Gasteiger partial charge is 0.0638 e. The van der Waals surface area contributed by atoms with Crippen molar-refractivity contribution < 1.29 is 0 Å². The number of hydrogen-bond acceptors (Lipinski definition) is 3. The lowest BCUT2D eigenvalue weighted by molar-refractivity contribution is 0.127. The zero-order chi connectivity index (χ0) is 13.8. The number of anilines is 1. The summed E-state index contributed by atoms with van der Waals surface area (Å²) in [6.45, 7) is 6.78. The molecule has 0 aromatic heterocycles. The molecule has 0 bridgehead atoms. The summed E-state index contributed by atoms with van der Waals surface area (Å²) in [5.41, 5.74) is 7.63. The summed E-state index contributed by atoms with van der Waals surface area (Å²) in [6, 6.07) is 6.62. The number of nitrogens with two attached hydrogens (primary N) is 1. The second kappa shape index (κ2) is 6.60. The predicted octanol–water partition coefficient (Wildman–Crippen LogP) is 2.84. The topological polar surface area (TPSA) is 32.5 Å². The highest BCUT2D eigenvalue weighted by Crippen LogP contribution is 2.22. The lowest BCUT2D eigenvalue weighted by atomic mass is 10.0. The van der Waals surface area contributed by atoms with Gasteiger partial charge in [0.25, 0.3) is 0 Å². The zero-order valence-electron chi connectivity index (χ0n) is 11.9. The third-order valence-electron chi connectivity index (χ3n) is 4.12. The molecule has 1 saturated heterocycles. The molecular formula is C15H24ClN3. The van der Waals surface area contributed by atoms with Gasteiger partial charge in [-0.1, -0.05) is 24.6 Å². The van der Waals surface area contributed by atoms with E-state index in [1.165, 1.54) is 38.0 Å². The van der Waals surface area contributed by atoms with Gasteiger partial charge in [0.15, 0.2) is 0 Å². The Labute approximate surface area is 121 Å². The van der Waals surface area contributed by atoms with Crippen LogP contribution in [0.4, 0.5) is 5.69 Å². The van der Waals surface area contributed by atoms with E-state index in [4.69, 9.17) is 17.3 Å². The van der Waals surface area contributed by atoms with Crippen LogP contribution in [0.5, 0.6) is 0 Å². The van der Waals surface area contributed by atoms with Crippen molar-refractivity contribution in [2.24, 2.45) is 0 Å². The van der Waals surface area contributed by atoms with Crippen LogP contribution in [0.3, 0.4) is 0 Å². The summed E-state index contributed by atoms with van der Waals surface area (Å²) in [5.74, 6) is 0. The largest absolute Gasteiger partial charge is 0.398 e. The van der Waals surface area contributed by atoms with E-state index in [9.17, 15) is 0 Å². The molecule has 0 amide bonds. The van der Waals surface area contributed by atoms with Gasteiger partial charge in [0.05, 0.1) is 10.7 Å². The predicted molar refractivity (Wildman–Crippen MR) is 82.5 cm³/mol. The molecule has 106 valence electrons. The molecule has 2 N–H and O–H groups in total. The molecule has 1 fully saturated rings. The van der Waals surface area contributed by atoms with Crippen molar-refractivity contribution in [2.75, 3.05) is 32.4 Å². The standard InChI is InChI=1S/C15H24ClN3/c1-3-19-8-6-13(7-9-19)18(2)11-12-4-5-15(17)14(16)10-12/h4-5,10,13H,3,6-9,11,17H2,1-2H3. The van der Waals surface area contributed by atoms with Crippen LogP contribution in [0.15, 0.2) is 18.2 Å². The van der Waals surface area contributed by atoms with Gasteiger partial charge < -0.3 is 10.6 Å². The first-order valence-corrected chi connectivity index (χ1v) is 7.44. The maximum Gasteiger partial charge on any atom is 0.0638 e. The summed E-state index contributed by atoms with van der Waals surface area (Å²) in [7, 11) is 2.20. The second-order valence-corrected chi connectivity index (χ2v) is 5.84. The molecule has 0 unspecified atom stereocenters. The normalized spacial score (nSPS) is 18.1. The Morgan fingerprint density at radius 3 is 2.63 bits per heavy atom. The fourth-order valence-electron chi connectivity index (χ4n) is 2.76. The van der Waals surface area contributed by atoms with Crippen LogP contribution in [-0.4, -0.2) is 42.5 Å². The molecule has 1 aromatic carbocycles. The van der Waals surface area contributed by atoms with Crippen LogP contribution in [0.1, 0.15) is 25.3 Å². The first-order valence-electron chi connectivity index (χ1n) is 7.06. The van der Waals surface area contributed by atoms with E-state index in [0.29, 0.717) is 16.8 Å². The van der Waals surface area contributed by atoms with Gasteiger partial charge in [0, 0.05) is 12.6 Å². The maximum absolute atomic E-state index is 6.07. The number of piperidine rings is 1. The number of hydrogen-bond donors (Lipinski definition) is 1. The highest BCUT2D eigenvalue weighted by molar-refractivity contribution is 6.33. The quantitative estimate of drug-likeness (QED) is 0.862. The molecule has 4 heteroatoms. The highest BCUT2D eigenvalue weighted by atomic mass is 35.5. The molecule has 1 aliphatic rings. The summed E-state index contributed by atoms with van der Waals surface area (Å²) < 4.78 is 0. The van der Waals surface area contributed by atoms with Gasteiger partial charge in [0.1, 0.15) is 0 Å². The highest BCUT2D eigenvalue weighted by Gasteiger charge is 2.21. The summed E-state index contributed by atoms with van der Waals surface area (Å²) in [5, 5.41) is 0.659. The molecule has 3 nitrogen and oxygen atoms in total. The number of rotatable bonds is 4. The molecular weight excluding hydrogens is 258 g/mol. The van der Waals surface area contributed by atoms with Gasteiger partial charge in [-0.3, -0.25) is 4.90 Å². The lowest BCUT2D eigenvalue weighted by Crippen LogP contribution is -2.42. The van der Waals surface area contributed by atoms with Gasteiger partial charge >= 0.3 is 0 Å². The van der Waals surface area contributed by atoms with Crippen LogP contribution < -0.4 is 5.73 Å². The minimum Gasteiger partial charge on any atom is -0.398 e. The Bertz CT molecular complexity index is 414. The van der Waals surface area contributed by atoms with Crippen LogP contribution in [0.2, 0.25) is 5.02 Å². The molecule has 0 radical (unpaired) electrons. The van der Waals surface area contributed by atoms with Crippen LogP contribution >= 0.6 is 11.6 Å². The average molecular weight is 282 g/mol. The van der Waals surface area contributed by atoms with E-state index in [1.807, 2.05) is 12.1 Å². The van der Waals surface area contributed by atoms with E-state index in [-0.39, 0.29) is 0 Å². The monoisotopic (exact) mass is 281 g/mol. The van der Waals surface area contributed by atoms with Gasteiger partial charge in [0.2, 0.25) is 0 Å². The van der Waals surface area contributed by atoms with E-state index in [0.717, 1.165) is 6.54 Å². The number of halogens is 1. The Kier molecular flexibility index (Phi) is 5.08. The minimum absolute atomic E-state index is 0.657. The van der Waals surface area contributed by atoms with Crippen molar-refractivity contribution in [3.8, 4) is 0 Å². The minimum atomic E-state index is 0.657. The van der Waals surface area contributed by atoms with E-state index >= 15 is 0 Å².